The van der Waals surface area contributed by atoms with Crippen molar-refractivity contribution in [2.75, 3.05) is 13.2 Å². The van der Waals surface area contributed by atoms with Crippen molar-refractivity contribution < 1.29 is 4.74 Å². The number of aromatic nitrogens is 3. The summed E-state index contributed by atoms with van der Waals surface area (Å²) >= 11 is 0. The Morgan fingerprint density at radius 2 is 2.12 bits per heavy atom. The normalized spacial score (nSPS) is 11.6. The Morgan fingerprint density at radius 1 is 1.38 bits per heavy atom. The lowest BCUT2D eigenvalue weighted by Crippen LogP contribution is -2.23. The summed E-state index contributed by atoms with van der Waals surface area (Å²) in [5.74, 6) is 0.972. The van der Waals surface area contributed by atoms with Crippen molar-refractivity contribution in [1.82, 2.24) is 20.1 Å². The number of nitrogens with zero attached hydrogens (tertiary/aromatic N) is 3. The highest BCUT2D eigenvalue weighted by molar-refractivity contribution is 4.85. The predicted octanol–water partition coefficient (Wildman–Crippen LogP) is 1.37. The van der Waals surface area contributed by atoms with Crippen LogP contribution in [-0.4, -0.2) is 34.0 Å². The fourth-order valence-electron chi connectivity index (χ4n) is 1.40. The van der Waals surface area contributed by atoms with Gasteiger partial charge in [0, 0.05) is 12.6 Å². The summed E-state index contributed by atoms with van der Waals surface area (Å²) in [4.78, 5) is 4.22. The molecule has 92 valence electrons. The summed E-state index contributed by atoms with van der Waals surface area (Å²) < 4.78 is 7.36. The minimum absolute atomic E-state index is 0.293. The van der Waals surface area contributed by atoms with E-state index >= 15 is 0 Å². The Balaban J connectivity index is 2.24. The third kappa shape index (κ3) is 4.28. The first-order valence-electron chi connectivity index (χ1n) is 5.82. The maximum absolute atomic E-state index is 5.43. The SMILES string of the molecule is CC(C)OCCNCc1ncnn1C(C)C. The van der Waals surface area contributed by atoms with Gasteiger partial charge in [-0.15, -0.1) is 0 Å². The second kappa shape index (κ2) is 6.60. The zero-order valence-corrected chi connectivity index (χ0v) is 10.6. The zero-order chi connectivity index (χ0) is 12.0. The largest absolute Gasteiger partial charge is 0.377 e. The van der Waals surface area contributed by atoms with Crippen molar-refractivity contribution >= 4 is 0 Å². The van der Waals surface area contributed by atoms with E-state index < -0.39 is 0 Å². The summed E-state index contributed by atoms with van der Waals surface area (Å²) in [5, 5.41) is 7.47. The van der Waals surface area contributed by atoms with Gasteiger partial charge in [-0.3, -0.25) is 0 Å². The molecule has 0 aliphatic rings. The molecule has 1 aromatic heterocycles. The van der Waals surface area contributed by atoms with Crippen LogP contribution < -0.4 is 5.32 Å². The monoisotopic (exact) mass is 226 g/mol. The van der Waals surface area contributed by atoms with E-state index in [2.05, 4.69) is 29.2 Å². The van der Waals surface area contributed by atoms with Crippen molar-refractivity contribution in [2.45, 2.75) is 46.4 Å². The number of ether oxygens (including phenoxy) is 1. The van der Waals surface area contributed by atoms with E-state index in [1.165, 1.54) is 0 Å². The van der Waals surface area contributed by atoms with Crippen molar-refractivity contribution in [3.8, 4) is 0 Å². The second-order valence-electron chi connectivity index (χ2n) is 4.31. The molecular formula is C11H22N4O. The maximum Gasteiger partial charge on any atom is 0.141 e. The van der Waals surface area contributed by atoms with E-state index in [0.717, 1.165) is 25.5 Å². The van der Waals surface area contributed by atoms with Gasteiger partial charge in [-0.1, -0.05) is 0 Å². The van der Waals surface area contributed by atoms with Crippen LogP contribution in [0.25, 0.3) is 0 Å². The molecule has 0 aliphatic heterocycles. The molecule has 0 spiro atoms. The van der Waals surface area contributed by atoms with Gasteiger partial charge in [-0.25, -0.2) is 9.67 Å². The van der Waals surface area contributed by atoms with Gasteiger partial charge in [0.15, 0.2) is 0 Å². The Labute approximate surface area is 97.2 Å². The topological polar surface area (TPSA) is 52.0 Å². The van der Waals surface area contributed by atoms with Crippen LogP contribution in [0.2, 0.25) is 0 Å². The highest BCUT2D eigenvalue weighted by atomic mass is 16.5. The third-order valence-electron chi connectivity index (χ3n) is 2.15. The average molecular weight is 226 g/mol. The predicted molar refractivity (Wildman–Crippen MR) is 63.2 cm³/mol. The highest BCUT2D eigenvalue weighted by Crippen LogP contribution is 2.04. The van der Waals surface area contributed by atoms with Gasteiger partial charge in [-0.2, -0.15) is 5.10 Å². The fourth-order valence-corrected chi connectivity index (χ4v) is 1.40. The minimum atomic E-state index is 0.293. The summed E-state index contributed by atoms with van der Waals surface area (Å²) in [7, 11) is 0. The van der Waals surface area contributed by atoms with E-state index in [1.807, 2.05) is 18.5 Å². The Hall–Kier alpha value is -0.940. The van der Waals surface area contributed by atoms with Gasteiger partial charge >= 0.3 is 0 Å². The lowest BCUT2D eigenvalue weighted by molar-refractivity contribution is 0.0805. The van der Waals surface area contributed by atoms with Crippen LogP contribution in [0.15, 0.2) is 6.33 Å². The first-order chi connectivity index (χ1) is 7.61. The molecule has 1 rings (SSSR count). The first-order valence-corrected chi connectivity index (χ1v) is 5.82. The lowest BCUT2D eigenvalue weighted by atomic mass is 10.4. The van der Waals surface area contributed by atoms with Gasteiger partial charge in [0.2, 0.25) is 0 Å². The summed E-state index contributed by atoms with van der Waals surface area (Å²) in [6.45, 7) is 10.6. The molecule has 0 radical (unpaired) electrons. The van der Waals surface area contributed by atoms with Crippen LogP contribution in [0, 0.1) is 0 Å². The molecular weight excluding hydrogens is 204 g/mol. The lowest BCUT2D eigenvalue weighted by Gasteiger charge is -2.11. The van der Waals surface area contributed by atoms with E-state index in [1.54, 1.807) is 6.33 Å². The van der Waals surface area contributed by atoms with Crippen LogP contribution in [0.1, 0.15) is 39.6 Å². The molecule has 0 amide bonds. The molecule has 1 N–H and O–H groups in total. The highest BCUT2D eigenvalue weighted by Gasteiger charge is 2.06. The Morgan fingerprint density at radius 3 is 2.75 bits per heavy atom. The molecule has 0 atom stereocenters. The number of rotatable bonds is 7. The standard InChI is InChI=1S/C11H22N4O/c1-9(2)15-11(13-8-14-15)7-12-5-6-16-10(3)4/h8-10,12H,5-7H2,1-4H3. The van der Waals surface area contributed by atoms with Gasteiger partial charge in [0.25, 0.3) is 0 Å². The summed E-state index contributed by atoms with van der Waals surface area (Å²) in [5.41, 5.74) is 0. The third-order valence-corrected chi connectivity index (χ3v) is 2.15. The van der Waals surface area contributed by atoms with Gasteiger partial charge in [0.1, 0.15) is 12.2 Å². The molecule has 0 saturated heterocycles. The molecule has 0 unspecified atom stereocenters. The zero-order valence-electron chi connectivity index (χ0n) is 10.6. The van der Waals surface area contributed by atoms with Gasteiger partial charge in [-0.05, 0) is 27.7 Å². The van der Waals surface area contributed by atoms with Crippen molar-refractivity contribution in [3.05, 3.63) is 12.2 Å². The molecule has 0 aliphatic carbocycles. The quantitative estimate of drug-likeness (QED) is 0.714. The first kappa shape index (κ1) is 13.1. The van der Waals surface area contributed by atoms with Crippen molar-refractivity contribution in [3.63, 3.8) is 0 Å². The van der Waals surface area contributed by atoms with Crippen LogP contribution in [0.5, 0.6) is 0 Å². The molecule has 0 bridgehead atoms. The molecule has 1 heterocycles. The smallest absolute Gasteiger partial charge is 0.141 e. The Kier molecular flexibility index (Phi) is 5.42. The molecule has 0 aromatic carbocycles. The van der Waals surface area contributed by atoms with Crippen LogP contribution in [0.4, 0.5) is 0 Å². The van der Waals surface area contributed by atoms with E-state index in [-0.39, 0.29) is 0 Å². The van der Waals surface area contributed by atoms with E-state index in [0.29, 0.717) is 12.1 Å². The van der Waals surface area contributed by atoms with Crippen molar-refractivity contribution in [1.29, 1.82) is 0 Å². The van der Waals surface area contributed by atoms with Crippen LogP contribution in [0.3, 0.4) is 0 Å². The fraction of sp³-hybridized carbons (Fsp3) is 0.818. The minimum Gasteiger partial charge on any atom is -0.377 e. The molecule has 1 aromatic rings. The molecule has 5 heteroatoms. The summed E-state index contributed by atoms with van der Waals surface area (Å²) in [6, 6.07) is 0.353. The van der Waals surface area contributed by atoms with Gasteiger partial charge in [0.05, 0.1) is 19.3 Å². The molecule has 0 fully saturated rings. The van der Waals surface area contributed by atoms with Crippen LogP contribution in [-0.2, 0) is 11.3 Å². The molecule has 16 heavy (non-hydrogen) atoms. The van der Waals surface area contributed by atoms with E-state index in [4.69, 9.17) is 4.74 Å². The number of hydrogen-bond acceptors (Lipinski definition) is 4. The Bertz CT molecular complexity index is 296. The van der Waals surface area contributed by atoms with Crippen molar-refractivity contribution in [2.24, 2.45) is 0 Å². The van der Waals surface area contributed by atoms with Gasteiger partial charge < -0.3 is 10.1 Å². The molecule has 0 saturated carbocycles. The molecule has 5 nitrogen and oxygen atoms in total. The second-order valence-corrected chi connectivity index (χ2v) is 4.31. The maximum atomic E-state index is 5.43. The summed E-state index contributed by atoms with van der Waals surface area (Å²) in [6.07, 6.45) is 1.89. The number of hydrogen-bond donors (Lipinski definition) is 1. The number of nitrogens with one attached hydrogen (secondary N) is 1. The van der Waals surface area contributed by atoms with Crippen LogP contribution >= 0.6 is 0 Å². The average Bonchev–Trinajstić information content (AvgIpc) is 2.65. The van der Waals surface area contributed by atoms with E-state index in [9.17, 15) is 0 Å².